The minimum atomic E-state index is -0.244. The van der Waals surface area contributed by atoms with E-state index in [-0.39, 0.29) is 17.9 Å². The van der Waals surface area contributed by atoms with Crippen molar-refractivity contribution in [2.45, 2.75) is 25.3 Å². The Balaban J connectivity index is 1.96. The van der Waals surface area contributed by atoms with Crippen molar-refractivity contribution in [2.75, 3.05) is 18.0 Å². The van der Waals surface area contributed by atoms with Gasteiger partial charge in [0.05, 0.1) is 5.69 Å². The average molecular weight is 370 g/mol. The zero-order valence-corrected chi connectivity index (χ0v) is 12.7. The van der Waals surface area contributed by atoms with Crippen molar-refractivity contribution < 1.29 is 9.59 Å². The lowest BCUT2D eigenvalue weighted by Crippen LogP contribution is -2.43. The Kier molecular flexibility index (Phi) is 3.47. The predicted octanol–water partition coefficient (Wildman–Crippen LogP) is 2.02. The molecule has 0 saturated carbocycles. The van der Waals surface area contributed by atoms with Crippen molar-refractivity contribution in [3.63, 3.8) is 0 Å². The van der Waals surface area contributed by atoms with Crippen LogP contribution >= 0.6 is 22.6 Å². The summed E-state index contributed by atoms with van der Waals surface area (Å²) in [6, 6.07) is 7.59. The van der Waals surface area contributed by atoms with Crippen LogP contribution in [-0.4, -0.2) is 35.8 Å². The number of fused-ring (bicyclic) bond motifs is 1. The van der Waals surface area contributed by atoms with Gasteiger partial charge in [-0.25, -0.2) is 0 Å². The number of benzene rings is 1. The number of nitrogens with zero attached hydrogens (tertiary/aromatic N) is 2. The van der Waals surface area contributed by atoms with E-state index in [1.165, 1.54) is 0 Å². The Hall–Kier alpha value is -1.11. The summed E-state index contributed by atoms with van der Waals surface area (Å²) < 4.78 is 1.05. The number of amides is 2. The van der Waals surface area contributed by atoms with E-state index in [4.69, 9.17) is 0 Å². The first-order valence-corrected chi connectivity index (χ1v) is 7.62. The fourth-order valence-corrected chi connectivity index (χ4v) is 3.55. The summed E-state index contributed by atoms with van der Waals surface area (Å²) in [5.74, 6) is 0.191. The molecule has 1 aromatic rings. The van der Waals surface area contributed by atoms with E-state index in [2.05, 4.69) is 22.6 Å². The lowest BCUT2D eigenvalue weighted by atomic mass is 10.2. The van der Waals surface area contributed by atoms with Gasteiger partial charge in [-0.05, 0) is 47.6 Å². The summed E-state index contributed by atoms with van der Waals surface area (Å²) in [6.45, 7) is 1.22. The smallest absolute Gasteiger partial charge is 0.249 e. The highest BCUT2D eigenvalue weighted by molar-refractivity contribution is 14.1. The molecular weight excluding hydrogens is 355 g/mol. The van der Waals surface area contributed by atoms with Crippen LogP contribution < -0.4 is 4.90 Å². The number of hydrogen-bond acceptors (Lipinski definition) is 2. The molecule has 0 bridgehead atoms. The third-order valence-corrected chi connectivity index (χ3v) is 4.73. The molecule has 4 nitrogen and oxygen atoms in total. The van der Waals surface area contributed by atoms with Crippen LogP contribution in [0.5, 0.6) is 0 Å². The van der Waals surface area contributed by atoms with Crippen LogP contribution in [0, 0.1) is 3.57 Å². The lowest BCUT2D eigenvalue weighted by Gasteiger charge is -2.26. The summed E-state index contributed by atoms with van der Waals surface area (Å²) in [5.41, 5.74) is 0.926. The number of rotatable bonds is 1. The molecule has 2 heterocycles. The van der Waals surface area contributed by atoms with Crippen LogP contribution in [0.25, 0.3) is 0 Å². The van der Waals surface area contributed by atoms with Crippen LogP contribution in [0.4, 0.5) is 5.69 Å². The van der Waals surface area contributed by atoms with E-state index in [0.717, 1.165) is 28.6 Å². The fourth-order valence-electron chi connectivity index (χ4n) is 2.87. The zero-order chi connectivity index (χ0) is 13.4. The van der Waals surface area contributed by atoms with Gasteiger partial charge in [0.25, 0.3) is 0 Å². The average Bonchev–Trinajstić information content (AvgIpc) is 2.85. The summed E-state index contributed by atoms with van der Waals surface area (Å²) in [4.78, 5) is 28.3. The fraction of sp³-hybridized carbons (Fsp3) is 0.429. The first-order valence-electron chi connectivity index (χ1n) is 6.54. The van der Waals surface area contributed by atoms with Gasteiger partial charge in [0.15, 0.2) is 0 Å². The molecule has 0 N–H and O–H groups in total. The second-order valence-corrected chi connectivity index (χ2v) is 6.10. The van der Waals surface area contributed by atoms with Gasteiger partial charge in [-0.2, -0.15) is 0 Å². The maximum Gasteiger partial charge on any atom is 0.249 e. The molecule has 2 aliphatic rings. The van der Waals surface area contributed by atoms with E-state index in [1.807, 2.05) is 24.3 Å². The van der Waals surface area contributed by atoms with Crippen molar-refractivity contribution in [3.05, 3.63) is 27.8 Å². The first kappa shape index (κ1) is 12.9. The third kappa shape index (κ3) is 2.24. The van der Waals surface area contributed by atoms with Crippen molar-refractivity contribution in [1.29, 1.82) is 0 Å². The zero-order valence-electron chi connectivity index (χ0n) is 10.5. The summed E-state index contributed by atoms with van der Waals surface area (Å²) in [7, 11) is 0. The molecule has 1 atom stereocenters. The molecule has 0 aliphatic carbocycles. The second-order valence-electron chi connectivity index (χ2n) is 4.94. The van der Waals surface area contributed by atoms with E-state index in [9.17, 15) is 9.59 Å². The maximum atomic E-state index is 12.7. The maximum absolute atomic E-state index is 12.7. The highest BCUT2D eigenvalue weighted by Gasteiger charge is 2.39. The van der Waals surface area contributed by atoms with Crippen molar-refractivity contribution in [3.8, 4) is 0 Å². The molecule has 0 aromatic heterocycles. The van der Waals surface area contributed by atoms with Gasteiger partial charge in [0.2, 0.25) is 11.8 Å². The van der Waals surface area contributed by atoms with E-state index < -0.39 is 0 Å². The number of para-hydroxylation sites is 1. The molecule has 1 aromatic carbocycles. The first-order chi connectivity index (χ1) is 9.18. The highest BCUT2D eigenvalue weighted by atomic mass is 127. The minimum absolute atomic E-state index is 0.0764. The van der Waals surface area contributed by atoms with Gasteiger partial charge in [0, 0.05) is 23.1 Å². The Morgan fingerprint density at radius 3 is 2.74 bits per heavy atom. The Labute approximate surface area is 125 Å². The van der Waals surface area contributed by atoms with Crippen LogP contribution in [0.15, 0.2) is 24.3 Å². The molecule has 2 fully saturated rings. The van der Waals surface area contributed by atoms with E-state index in [1.54, 1.807) is 9.80 Å². The molecule has 3 rings (SSSR count). The van der Waals surface area contributed by atoms with Crippen LogP contribution in [0.2, 0.25) is 0 Å². The Bertz CT molecular complexity index is 532. The highest BCUT2D eigenvalue weighted by Crippen LogP contribution is 2.29. The summed E-state index contributed by atoms with van der Waals surface area (Å²) in [5, 5.41) is 0. The standard InChI is InChI=1S/C14H15IN2O2/c15-10-4-1-2-5-11(10)17-9-7-13(18)16-8-3-6-12(16)14(17)19/h1-2,4-5,12H,3,6-9H2. The molecule has 2 saturated heterocycles. The minimum Gasteiger partial charge on any atom is -0.331 e. The molecule has 100 valence electrons. The quantitative estimate of drug-likeness (QED) is 0.710. The van der Waals surface area contributed by atoms with Crippen molar-refractivity contribution in [1.82, 2.24) is 4.90 Å². The number of carbonyl (C=O) groups is 2. The molecule has 19 heavy (non-hydrogen) atoms. The van der Waals surface area contributed by atoms with Crippen molar-refractivity contribution in [2.24, 2.45) is 0 Å². The number of anilines is 1. The normalized spacial score (nSPS) is 23.5. The largest absolute Gasteiger partial charge is 0.331 e. The number of hydrogen-bond donors (Lipinski definition) is 0. The topological polar surface area (TPSA) is 40.6 Å². The van der Waals surface area contributed by atoms with E-state index >= 15 is 0 Å². The number of carbonyl (C=O) groups excluding carboxylic acids is 2. The summed E-state index contributed by atoms with van der Waals surface area (Å²) in [6.07, 6.45) is 2.15. The van der Waals surface area contributed by atoms with Crippen LogP contribution in [0.1, 0.15) is 19.3 Å². The van der Waals surface area contributed by atoms with Gasteiger partial charge >= 0.3 is 0 Å². The van der Waals surface area contributed by atoms with Gasteiger partial charge in [-0.3, -0.25) is 9.59 Å². The number of halogens is 1. The van der Waals surface area contributed by atoms with E-state index in [0.29, 0.717) is 13.0 Å². The van der Waals surface area contributed by atoms with Gasteiger partial charge in [-0.1, -0.05) is 12.1 Å². The molecule has 0 spiro atoms. The molecule has 2 amide bonds. The second kappa shape index (κ2) is 5.11. The molecule has 2 aliphatic heterocycles. The van der Waals surface area contributed by atoms with Crippen molar-refractivity contribution >= 4 is 40.1 Å². The van der Waals surface area contributed by atoms with Gasteiger partial charge in [-0.15, -0.1) is 0 Å². The molecular formula is C14H15IN2O2. The van der Waals surface area contributed by atoms with Crippen LogP contribution in [-0.2, 0) is 9.59 Å². The Morgan fingerprint density at radius 1 is 1.16 bits per heavy atom. The SMILES string of the molecule is O=C1C2CCCN2C(=O)CCN1c1ccccc1I. The Morgan fingerprint density at radius 2 is 1.95 bits per heavy atom. The summed E-state index contributed by atoms with van der Waals surface area (Å²) >= 11 is 2.24. The molecule has 5 heteroatoms. The van der Waals surface area contributed by atoms with Gasteiger partial charge in [0.1, 0.15) is 6.04 Å². The molecule has 0 radical (unpaired) electrons. The van der Waals surface area contributed by atoms with Gasteiger partial charge < -0.3 is 9.80 Å². The molecule has 1 unspecified atom stereocenters. The third-order valence-electron chi connectivity index (χ3n) is 3.82. The lowest BCUT2D eigenvalue weighted by molar-refractivity contribution is -0.135. The predicted molar refractivity (Wildman–Crippen MR) is 80.9 cm³/mol. The van der Waals surface area contributed by atoms with Crippen LogP contribution in [0.3, 0.4) is 0 Å². The monoisotopic (exact) mass is 370 g/mol.